The van der Waals surface area contributed by atoms with Crippen molar-refractivity contribution in [3.63, 3.8) is 0 Å². The van der Waals surface area contributed by atoms with E-state index in [4.69, 9.17) is 15.8 Å². The molecule has 5 heterocycles. The van der Waals surface area contributed by atoms with Gasteiger partial charge in [-0.1, -0.05) is 19.9 Å². The molecule has 0 aliphatic rings. The molecule has 0 spiro atoms. The minimum atomic E-state index is -0.0882. The van der Waals surface area contributed by atoms with Crippen LogP contribution in [0.4, 0.5) is 5.82 Å². The van der Waals surface area contributed by atoms with Gasteiger partial charge in [-0.25, -0.2) is 14.6 Å². The zero-order valence-electron chi connectivity index (χ0n) is 20.7. The van der Waals surface area contributed by atoms with Gasteiger partial charge < -0.3 is 15.0 Å². The Morgan fingerprint density at radius 2 is 1.85 bits per heavy atom. The number of anilines is 1. The Kier molecular flexibility index (Phi) is 6.61. The van der Waals surface area contributed by atoms with Crippen molar-refractivity contribution in [2.75, 3.05) is 19.8 Å². The first-order valence-corrected chi connectivity index (χ1v) is 11.6. The number of nitrogen functional groups attached to an aromatic ring is 1. The van der Waals surface area contributed by atoms with Crippen LogP contribution in [0, 0.1) is 6.92 Å². The lowest BCUT2D eigenvalue weighted by atomic mass is 10.1. The van der Waals surface area contributed by atoms with Crippen molar-refractivity contribution in [1.82, 2.24) is 34.0 Å². The summed E-state index contributed by atoms with van der Waals surface area (Å²) < 4.78 is 4.13. The molecule has 5 aromatic heterocycles. The van der Waals surface area contributed by atoms with E-state index >= 15 is 0 Å². The molecule has 176 valence electrons. The number of pyridine rings is 2. The van der Waals surface area contributed by atoms with E-state index in [0.29, 0.717) is 5.82 Å². The number of aromatic nitrogens is 6. The van der Waals surface area contributed by atoms with Gasteiger partial charge in [-0.05, 0) is 63.8 Å². The second-order valence-electron chi connectivity index (χ2n) is 8.39. The predicted octanol–water partition coefficient (Wildman–Crippen LogP) is 4.73. The molecule has 5 aromatic rings. The van der Waals surface area contributed by atoms with Gasteiger partial charge in [-0.15, -0.1) is 0 Å². The maximum atomic E-state index is 6.13. The lowest BCUT2D eigenvalue weighted by molar-refractivity contribution is 0.402. The fraction of sp³-hybridized carbons (Fsp3) is 0.308. The van der Waals surface area contributed by atoms with Crippen molar-refractivity contribution in [2.24, 2.45) is 0 Å². The first kappa shape index (κ1) is 23.4. The van der Waals surface area contributed by atoms with Crippen LogP contribution in [0.15, 0.2) is 55.1 Å². The highest BCUT2D eigenvalue weighted by atomic mass is 15.3. The molecule has 8 heteroatoms. The molecule has 0 bridgehead atoms. The van der Waals surface area contributed by atoms with Crippen LogP contribution in [0.25, 0.3) is 27.9 Å². The zero-order valence-corrected chi connectivity index (χ0v) is 20.7. The molecule has 0 aliphatic carbocycles. The van der Waals surface area contributed by atoms with Crippen LogP contribution < -0.4 is 5.73 Å². The molecule has 1 unspecified atom stereocenters. The van der Waals surface area contributed by atoms with Crippen molar-refractivity contribution in [3.8, 4) is 11.4 Å². The number of fused-ring (bicyclic) bond motifs is 2. The van der Waals surface area contributed by atoms with Crippen molar-refractivity contribution in [1.29, 1.82) is 0 Å². The molecule has 0 aliphatic heterocycles. The highest BCUT2D eigenvalue weighted by Crippen LogP contribution is 2.35. The molecule has 1 atom stereocenters. The van der Waals surface area contributed by atoms with Gasteiger partial charge in [-0.2, -0.15) is 5.10 Å². The van der Waals surface area contributed by atoms with Crippen LogP contribution in [0.5, 0.6) is 0 Å². The average molecular weight is 457 g/mol. The van der Waals surface area contributed by atoms with Gasteiger partial charge in [0.1, 0.15) is 12.1 Å². The Bertz CT molecular complexity index is 1430. The fourth-order valence-corrected chi connectivity index (χ4v) is 4.37. The van der Waals surface area contributed by atoms with Crippen LogP contribution in [-0.4, -0.2) is 48.1 Å². The highest BCUT2D eigenvalue weighted by molar-refractivity contribution is 5.88. The third kappa shape index (κ3) is 4.12. The SMILES string of the molecule is CC.Cc1nn(C(C)c2cc3ccccn3c2-c2cc(CN(C)C)ccn2)c2ncnc(N)c12. The second-order valence-corrected chi connectivity index (χ2v) is 8.39. The number of aryl methyl sites for hydroxylation is 1. The van der Waals surface area contributed by atoms with E-state index in [1.807, 2.05) is 43.8 Å². The van der Waals surface area contributed by atoms with Gasteiger partial charge in [-0.3, -0.25) is 4.98 Å². The molecule has 0 saturated heterocycles. The minimum absolute atomic E-state index is 0.0882. The summed E-state index contributed by atoms with van der Waals surface area (Å²) in [5.74, 6) is 0.450. The average Bonchev–Trinajstić information content (AvgIpc) is 3.39. The fourth-order valence-electron chi connectivity index (χ4n) is 4.37. The predicted molar refractivity (Wildman–Crippen MR) is 138 cm³/mol. The summed E-state index contributed by atoms with van der Waals surface area (Å²) in [5, 5.41) is 5.59. The molecule has 0 amide bonds. The molecule has 34 heavy (non-hydrogen) atoms. The van der Waals surface area contributed by atoms with E-state index in [2.05, 4.69) is 70.7 Å². The van der Waals surface area contributed by atoms with E-state index in [1.165, 1.54) is 11.9 Å². The first-order valence-electron chi connectivity index (χ1n) is 11.6. The number of nitrogens with zero attached hydrogens (tertiary/aromatic N) is 7. The summed E-state index contributed by atoms with van der Waals surface area (Å²) >= 11 is 0. The van der Waals surface area contributed by atoms with Crippen molar-refractivity contribution >= 4 is 22.4 Å². The van der Waals surface area contributed by atoms with Crippen LogP contribution in [0.1, 0.15) is 43.6 Å². The molecule has 0 fully saturated rings. The summed E-state index contributed by atoms with van der Waals surface area (Å²) in [6.45, 7) is 8.92. The molecule has 8 nitrogen and oxygen atoms in total. The normalized spacial score (nSPS) is 12.2. The quantitative estimate of drug-likeness (QED) is 0.411. The zero-order chi connectivity index (χ0) is 24.4. The van der Waals surface area contributed by atoms with Gasteiger partial charge >= 0.3 is 0 Å². The highest BCUT2D eigenvalue weighted by Gasteiger charge is 2.23. The lowest BCUT2D eigenvalue weighted by Gasteiger charge is -2.16. The monoisotopic (exact) mass is 456 g/mol. The molecule has 0 aromatic carbocycles. The van der Waals surface area contributed by atoms with Gasteiger partial charge in [0.25, 0.3) is 0 Å². The summed E-state index contributed by atoms with van der Waals surface area (Å²) in [4.78, 5) is 15.5. The lowest BCUT2D eigenvalue weighted by Crippen LogP contribution is -2.12. The van der Waals surface area contributed by atoms with Crippen LogP contribution in [-0.2, 0) is 6.54 Å². The van der Waals surface area contributed by atoms with Gasteiger partial charge in [0, 0.05) is 30.0 Å². The van der Waals surface area contributed by atoms with E-state index in [1.54, 1.807) is 0 Å². The van der Waals surface area contributed by atoms with Crippen LogP contribution >= 0.6 is 0 Å². The van der Waals surface area contributed by atoms with Crippen LogP contribution in [0.2, 0.25) is 0 Å². The van der Waals surface area contributed by atoms with E-state index < -0.39 is 0 Å². The third-order valence-corrected chi connectivity index (χ3v) is 5.78. The standard InChI is InChI=1S/C24H26N8.C2H6/c1-15-21-23(25)27-14-28-24(21)32(29-15)16(2)19-12-18-7-5-6-10-31(18)22(19)20-11-17(8-9-26-20)13-30(3)4;1-2/h5-12,14,16H,13H2,1-4H3,(H2,25,27,28);1-2H3. The van der Waals surface area contributed by atoms with Crippen molar-refractivity contribution in [3.05, 3.63) is 71.9 Å². The Balaban J connectivity index is 0.00000133. The number of nitrogens with two attached hydrogens (primary N) is 1. The van der Waals surface area contributed by atoms with Crippen LogP contribution in [0.3, 0.4) is 0 Å². The largest absolute Gasteiger partial charge is 0.383 e. The van der Waals surface area contributed by atoms with E-state index in [0.717, 1.165) is 45.7 Å². The molecule has 2 N–H and O–H groups in total. The number of hydrogen-bond donors (Lipinski definition) is 1. The topological polar surface area (TPSA) is 90.2 Å². The maximum Gasteiger partial charge on any atom is 0.164 e. The Morgan fingerprint density at radius 1 is 1.06 bits per heavy atom. The summed E-state index contributed by atoms with van der Waals surface area (Å²) in [6.07, 6.45) is 5.45. The van der Waals surface area contributed by atoms with Crippen molar-refractivity contribution in [2.45, 2.75) is 40.3 Å². The molecule has 5 rings (SSSR count). The summed E-state index contributed by atoms with van der Waals surface area (Å²) in [7, 11) is 4.14. The smallest absolute Gasteiger partial charge is 0.164 e. The van der Waals surface area contributed by atoms with E-state index in [-0.39, 0.29) is 6.04 Å². The first-order chi connectivity index (χ1) is 16.4. The van der Waals surface area contributed by atoms with Gasteiger partial charge in [0.05, 0.1) is 28.5 Å². The molecule has 0 radical (unpaired) electrons. The molecule has 0 saturated carbocycles. The molecular formula is C26H32N8. The third-order valence-electron chi connectivity index (χ3n) is 5.78. The van der Waals surface area contributed by atoms with Crippen molar-refractivity contribution < 1.29 is 0 Å². The molecular weight excluding hydrogens is 424 g/mol. The Morgan fingerprint density at radius 3 is 2.62 bits per heavy atom. The second kappa shape index (κ2) is 9.61. The van der Waals surface area contributed by atoms with Gasteiger partial charge in [0.2, 0.25) is 0 Å². The summed E-state index contributed by atoms with van der Waals surface area (Å²) in [5.41, 5.74) is 13.1. The Labute approximate surface area is 200 Å². The Hall–Kier alpha value is -3.78. The number of rotatable bonds is 5. The maximum absolute atomic E-state index is 6.13. The summed E-state index contributed by atoms with van der Waals surface area (Å²) in [6, 6.07) is 12.5. The number of hydrogen-bond acceptors (Lipinski definition) is 6. The van der Waals surface area contributed by atoms with Gasteiger partial charge in [0.15, 0.2) is 5.65 Å². The van der Waals surface area contributed by atoms with E-state index in [9.17, 15) is 0 Å². The minimum Gasteiger partial charge on any atom is -0.383 e.